The predicted molar refractivity (Wildman–Crippen MR) is 63.7 cm³/mol. The summed E-state index contributed by atoms with van der Waals surface area (Å²) in [5.41, 5.74) is -0.0380. The Balaban J connectivity index is 2.00. The van der Waals surface area contributed by atoms with Crippen LogP contribution in [-0.2, 0) is 4.74 Å². The fraction of sp³-hybridized carbons (Fsp3) is 0.917. The molecular weight excluding hydrogens is 226 g/mol. The van der Waals surface area contributed by atoms with Gasteiger partial charge >= 0.3 is 6.09 Å². The fourth-order valence-corrected chi connectivity index (χ4v) is 2.65. The lowest BCUT2D eigenvalue weighted by atomic mass is 10.0. The molecule has 1 spiro atoms. The molecule has 0 radical (unpaired) electrons. The summed E-state index contributed by atoms with van der Waals surface area (Å²) in [7, 11) is 0. The van der Waals surface area contributed by atoms with Gasteiger partial charge in [0.15, 0.2) is 0 Å². The number of likely N-dealkylation sites (tertiary alicyclic amines) is 1. The van der Waals surface area contributed by atoms with Gasteiger partial charge in [0, 0.05) is 18.5 Å². The number of hydrogen-bond donors (Lipinski definition) is 0. The molecule has 1 aliphatic heterocycles. The summed E-state index contributed by atoms with van der Waals surface area (Å²) in [6.07, 6.45) is 3.32. The zero-order chi connectivity index (χ0) is 12.0. The van der Waals surface area contributed by atoms with E-state index in [9.17, 15) is 4.79 Å². The van der Waals surface area contributed by atoms with Crippen LogP contribution in [0.5, 0.6) is 0 Å². The smallest absolute Gasteiger partial charge is 0.410 e. The first kappa shape index (κ1) is 12.0. The van der Waals surface area contributed by atoms with E-state index in [2.05, 4.69) is 0 Å². The molecular formula is C12H20ClNO2. The zero-order valence-corrected chi connectivity index (χ0v) is 11.0. The minimum Gasteiger partial charge on any atom is -0.444 e. The lowest BCUT2D eigenvalue weighted by molar-refractivity contribution is 0.0234. The van der Waals surface area contributed by atoms with Crippen molar-refractivity contribution in [3.8, 4) is 0 Å². The largest absolute Gasteiger partial charge is 0.444 e. The molecule has 1 aliphatic carbocycles. The van der Waals surface area contributed by atoms with Crippen LogP contribution in [0.15, 0.2) is 0 Å². The molecule has 2 rings (SSSR count). The summed E-state index contributed by atoms with van der Waals surface area (Å²) >= 11 is 5.92. The number of rotatable bonds is 1. The van der Waals surface area contributed by atoms with Gasteiger partial charge in [-0.15, -0.1) is 11.6 Å². The molecule has 1 unspecified atom stereocenters. The highest BCUT2D eigenvalue weighted by atomic mass is 35.5. The van der Waals surface area contributed by atoms with Crippen LogP contribution in [0.3, 0.4) is 0 Å². The molecule has 92 valence electrons. The molecule has 2 fully saturated rings. The molecule has 16 heavy (non-hydrogen) atoms. The molecule has 2 aliphatic rings. The lowest BCUT2D eigenvalue weighted by Crippen LogP contribution is -2.40. The molecule has 0 aromatic heterocycles. The van der Waals surface area contributed by atoms with Crippen LogP contribution in [-0.4, -0.2) is 35.1 Å². The lowest BCUT2D eigenvalue weighted by Gasteiger charge is -2.27. The van der Waals surface area contributed by atoms with E-state index in [0.29, 0.717) is 11.3 Å². The SMILES string of the molecule is CC(C)(C)OC(=O)N1CC2(CC2)CC1CCl. The highest BCUT2D eigenvalue weighted by Crippen LogP contribution is 2.55. The van der Waals surface area contributed by atoms with Crippen LogP contribution < -0.4 is 0 Å². The van der Waals surface area contributed by atoms with Crippen molar-refractivity contribution in [2.75, 3.05) is 12.4 Å². The maximum atomic E-state index is 12.0. The van der Waals surface area contributed by atoms with Crippen molar-refractivity contribution in [2.45, 2.75) is 51.7 Å². The Morgan fingerprint density at radius 1 is 1.50 bits per heavy atom. The van der Waals surface area contributed by atoms with Gasteiger partial charge in [-0.2, -0.15) is 0 Å². The second kappa shape index (κ2) is 3.80. The van der Waals surface area contributed by atoms with Crippen molar-refractivity contribution < 1.29 is 9.53 Å². The van der Waals surface area contributed by atoms with E-state index in [1.807, 2.05) is 25.7 Å². The molecule has 0 aromatic rings. The zero-order valence-electron chi connectivity index (χ0n) is 10.3. The molecule has 4 heteroatoms. The minimum absolute atomic E-state index is 0.166. The van der Waals surface area contributed by atoms with E-state index in [0.717, 1.165) is 13.0 Å². The Morgan fingerprint density at radius 2 is 2.12 bits per heavy atom. The van der Waals surface area contributed by atoms with Gasteiger partial charge in [-0.3, -0.25) is 0 Å². The molecule has 3 nitrogen and oxygen atoms in total. The Kier molecular flexibility index (Phi) is 2.85. The van der Waals surface area contributed by atoms with Gasteiger partial charge in [-0.05, 0) is 45.4 Å². The number of alkyl halides is 1. The average Bonchev–Trinajstić information content (AvgIpc) is 2.75. The van der Waals surface area contributed by atoms with Crippen molar-refractivity contribution in [1.82, 2.24) is 4.90 Å². The third-order valence-corrected chi connectivity index (χ3v) is 3.73. The molecule has 0 bridgehead atoms. The number of nitrogens with zero attached hydrogens (tertiary/aromatic N) is 1. The second-order valence-corrected chi connectivity index (χ2v) is 6.43. The van der Waals surface area contributed by atoms with E-state index >= 15 is 0 Å². The highest BCUT2D eigenvalue weighted by Gasteiger charge is 2.53. The van der Waals surface area contributed by atoms with Gasteiger partial charge in [-0.25, -0.2) is 4.79 Å². The Labute approximate surface area is 102 Å². The molecule has 1 amide bonds. The molecule has 1 saturated heterocycles. The van der Waals surface area contributed by atoms with Gasteiger partial charge < -0.3 is 9.64 Å². The fourth-order valence-electron chi connectivity index (χ4n) is 2.38. The van der Waals surface area contributed by atoms with Crippen molar-refractivity contribution in [3.05, 3.63) is 0 Å². The van der Waals surface area contributed by atoms with Gasteiger partial charge in [0.2, 0.25) is 0 Å². The summed E-state index contributed by atoms with van der Waals surface area (Å²) in [6.45, 7) is 6.51. The Bertz CT molecular complexity index is 294. The first-order valence-corrected chi connectivity index (χ1v) is 6.44. The van der Waals surface area contributed by atoms with Crippen LogP contribution in [0.2, 0.25) is 0 Å². The topological polar surface area (TPSA) is 29.5 Å². The van der Waals surface area contributed by atoms with Crippen LogP contribution in [0.25, 0.3) is 0 Å². The van der Waals surface area contributed by atoms with Crippen LogP contribution in [0.1, 0.15) is 40.0 Å². The normalized spacial score (nSPS) is 27.2. The maximum absolute atomic E-state index is 12.0. The van der Waals surface area contributed by atoms with E-state index in [1.54, 1.807) is 0 Å². The summed E-state index contributed by atoms with van der Waals surface area (Å²) in [5, 5.41) is 0. The molecule has 0 aromatic carbocycles. The second-order valence-electron chi connectivity index (χ2n) is 6.12. The predicted octanol–water partition coefficient (Wildman–Crippen LogP) is 3.01. The molecule has 1 heterocycles. The monoisotopic (exact) mass is 245 g/mol. The number of hydrogen-bond acceptors (Lipinski definition) is 2. The highest BCUT2D eigenvalue weighted by molar-refractivity contribution is 6.18. The Hall–Kier alpha value is -0.440. The number of carbonyl (C=O) groups is 1. The van der Waals surface area contributed by atoms with Gasteiger partial charge in [0.1, 0.15) is 5.60 Å². The van der Waals surface area contributed by atoms with Crippen LogP contribution in [0, 0.1) is 5.41 Å². The summed E-state index contributed by atoms with van der Waals surface area (Å²) in [4.78, 5) is 13.8. The average molecular weight is 246 g/mol. The Morgan fingerprint density at radius 3 is 2.56 bits per heavy atom. The standard InChI is InChI=1S/C12H20ClNO2/c1-11(2,3)16-10(15)14-8-12(4-5-12)6-9(14)7-13/h9H,4-8H2,1-3H3. The number of amides is 1. The maximum Gasteiger partial charge on any atom is 0.410 e. The molecule has 0 N–H and O–H groups in total. The summed E-state index contributed by atoms with van der Waals surface area (Å²) in [5.74, 6) is 0.515. The van der Waals surface area contributed by atoms with Gasteiger partial charge in [0.05, 0.1) is 0 Å². The number of ether oxygens (including phenoxy) is 1. The van der Waals surface area contributed by atoms with Crippen LogP contribution in [0.4, 0.5) is 4.79 Å². The van der Waals surface area contributed by atoms with Crippen LogP contribution >= 0.6 is 11.6 Å². The minimum atomic E-state index is -0.423. The van der Waals surface area contributed by atoms with E-state index in [4.69, 9.17) is 16.3 Å². The van der Waals surface area contributed by atoms with Crippen molar-refractivity contribution >= 4 is 17.7 Å². The molecule has 1 saturated carbocycles. The quantitative estimate of drug-likeness (QED) is 0.665. The third-order valence-electron chi connectivity index (χ3n) is 3.38. The number of carbonyl (C=O) groups excluding carboxylic acids is 1. The third kappa shape index (κ3) is 2.45. The van der Waals surface area contributed by atoms with E-state index < -0.39 is 5.60 Å². The van der Waals surface area contributed by atoms with E-state index in [1.165, 1.54) is 12.8 Å². The van der Waals surface area contributed by atoms with Crippen molar-refractivity contribution in [1.29, 1.82) is 0 Å². The molecule has 1 atom stereocenters. The van der Waals surface area contributed by atoms with Crippen molar-refractivity contribution in [2.24, 2.45) is 5.41 Å². The van der Waals surface area contributed by atoms with E-state index in [-0.39, 0.29) is 12.1 Å². The van der Waals surface area contributed by atoms with Crippen molar-refractivity contribution in [3.63, 3.8) is 0 Å². The summed E-state index contributed by atoms with van der Waals surface area (Å²) in [6, 6.07) is 0.166. The first-order valence-electron chi connectivity index (χ1n) is 5.91. The summed E-state index contributed by atoms with van der Waals surface area (Å²) < 4.78 is 5.40. The van der Waals surface area contributed by atoms with Gasteiger partial charge in [0.25, 0.3) is 0 Å². The first-order chi connectivity index (χ1) is 7.35. The number of halogens is 1. The van der Waals surface area contributed by atoms with Gasteiger partial charge in [-0.1, -0.05) is 0 Å².